The number of Topliss-reactive ketones (excluding diaryl/α,β-unsaturated/α-hetero) is 1. The van der Waals surface area contributed by atoms with Gasteiger partial charge in [0.05, 0.1) is 12.3 Å². The zero-order valence-electron chi connectivity index (χ0n) is 15.2. The fraction of sp³-hybridized carbons (Fsp3) is 0.250. The Balaban J connectivity index is 1.62. The van der Waals surface area contributed by atoms with Crippen LogP contribution in [0.4, 0.5) is 5.69 Å². The highest BCUT2D eigenvalue weighted by Crippen LogP contribution is 2.21. The Hall–Kier alpha value is -2.60. The maximum Gasteiger partial charge on any atom is 0.191 e. The van der Waals surface area contributed by atoms with Crippen molar-refractivity contribution in [2.45, 2.75) is 25.5 Å². The Morgan fingerprint density at radius 2 is 1.73 bits per heavy atom. The van der Waals surface area contributed by atoms with E-state index in [2.05, 4.69) is 47.6 Å². The largest absolute Gasteiger partial charge is 0.377 e. The van der Waals surface area contributed by atoms with Crippen LogP contribution in [0.1, 0.15) is 27.3 Å². The first-order chi connectivity index (χ1) is 12.6. The van der Waals surface area contributed by atoms with Crippen molar-refractivity contribution < 1.29 is 4.79 Å². The quantitative estimate of drug-likeness (QED) is 0.505. The van der Waals surface area contributed by atoms with Crippen molar-refractivity contribution in [1.29, 1.82) is 0 Å². The lowest BCUT2D eigenvalue weighted by atomic mass is 10.1. The van der Waals surface area contributed by atoms with Crippen LogP contribution in [0.2, 0.25) is 0 Å². The molecule has 0 saturated heterocycles. The van der Waals surface area contributed by atoms with E-state index < -0.39 is 0 Å². The zero-order valence-corrected chi connectivity index (χ0v) is 16.0. The molecule has 2 aromatic carbocycles. The molecule has 3 rings (SSSR count). The molecule has 1 aromatic heterocycles. The van der Waals surface area contributed by atoms with Gasteiger partial charge in [-0.15, -0.1) is 10.2 Å². The third-order valence-electron chi connectivity index (χ3n) is 4.26. The molecule has 0 unspecified atom stereocenters. The van der Waals surface area contributed by atoms with Crippen LogP contribution >= 0.6 is 11.8 Å². The van der Waals surface area contributed by atoms with Gasteiger partial charge in [0.2, 0.25) is 0 Å². The van der Waals surface area contributed by atoms with Gasteiger partial charge in [0.25, 0.3) is 0 Å². The second-order valence-electron chi connectivity index (χ2n) is 6.16. The number of hydrogen-bond acceptors (Lipinski definition) is 5. The number of thioether (sulfide) groups is 1. The highest BCUT2D eigenvalue weighted by Gasteiger charge is 2.13. The molecule has 5 nitrogen and oxygen atoms in total. The van der Waals surface area contributed by atoms with Crippen LogP contribution in [0.15, 0.2) is 53.7 Å². The molecule has 0 amide bonds. The van der Waals surface area contributed by atoms with Gasteiger partial charge >= 0.3 is 0 Å². The number of aryl methyl sites for hydroxylation is 2. The smallest absolute Gasteiger partial charge is 0.191 e. The number of ketones is 1. The van der Waals surface area contributed by atoms with Crippen LogP contribution < -0.4 is 5.32 Å². The van der Waals surface area contributed by atoms with E-state index in [1.807, 2.05) is 41.9 Å². The first-order valence-corrected chi connectivity index (χ1v) is 9.44. The minimum atomic E-state index is 0.0915. The van der Waals surface area contributed by atoms with Gasteiger partial charge in [-0.25, -0.2) is 0 Å². The van der Waals surface area contributed by atoms with Crippen molar-refractivity contribution >= 4 is 23.2 Å². The summed E-state index contributed by atoms with van der Waals surface area (Å²) >= 11 is 1.41. The predicted molar refractivity (Wildman–Crippen MR) is 106 cm³/mol. The molecule has 6 heteroatoms. The highest BCUT2D eigenvalue weighted by atomic mass is 32.2. The molecule has 0 aliphatic carbocycles. The summed E-state index contributed by atoms with van der Waals surface area (Å²) in [5, 5.41) is 12.7. The first kappa shape index (κ1) is 18.2. The molecule has 1 N–H and O–H groups in total. The Labute approximate surface area is 157 Å². The van der Waals surface area contributed by atoms with E-state index in [9.17, 15) is 4.79 Å². The molecule has 0 saturated carbocycles. The molecule has 0 bridgehead atoms. The molecule has 0 aliphatic rings. The van der Waals surface area contributed by atoms with Crippen molar-refractivity contribution in [3.8, 4) is 0 Å². The van der Waals surface area contributed by atoms with Crippen molar-refractivity contribution in [3.63, 3.8) is 0 Å². The summed E-state index contributed by atoms with van der Waals surface area (Å²) in [6, 6.07) is 15.5. The number of hydrogen-bond donors (Lipinski definition) is 1. The van der Waals surface area contributed by atoms with Gasteiger partial charge < -0.3 is 9.88 Å². The minimum Gasteiger partial charge on any atom is -0.377 e. The normalized spacial score (nSPS) is 10.7. The Morgan fingerprint density at radius 1 is 1.04 bits per heavy atom. The zero-order chi connectivity index (χ0) is 18.5. The lowest BCUT2D eigenvalue weighted by Gasteiger charge is -2.12. The fourth-order valence-corrected chi connectivity index (χ4v) is 3.55. The predicted octanol–water partition coefficient (Wildman–Crippen LogP) is 4.02. The molecule has 0 aliphatic heterocycles. The third-order valence-corrected chi connectivity index (χ3v) is 5.28. The Bertz CT molecular complexity index is 885. The van der Waals surface area contributed by atoms with Crippen molar-refractivity contribution in [1.82, 2.24) is 14.8 Å². The molecule has 0 atom stereocenters. The third kappa shape index (κ3) is 4.14. The number of aromatic nitrogens is 3. The van der Waals surface area contributed by atoms with E-state index in [0.717, 1.165) is 22.2 Å². The number of para-hydroxylation sites is 1. The Morgan fingerprint density at radius 3 is 2.42 bits per heavy atom. The van der Waals surface area contributed by atoms with Crippen LogP contribution in [0.25, 0.3) is 0 Å². The maximum atomic E-state index is 12.2. The van der Waals surface area contributed by atoms with Gasteiger partial charge in [-0.3, -0.25) is 4.79 Å². The molecule has 0 fully saturated rings. The van der Waals surface area contributed by atoms with E-state index in [-0.39, 0.29) is 5.78 Å². The summed E-state index contributed by atoms with van der Waals surface area (Å²) in [5.41, 5.74) is 4.26. The topological polar surface area (TPSA) is 59.8 Å². The van der Waals surface area contributed by atoms with Gasteiger partial charge in [-0.05, 0) is 25.0 Å². The van der Waals surface area contributed by atoms with Crippen LogP contribution in [0, 0.1) is 13.8 Å². The first-order valence-electron chi connectivity index (χ1n) is 8.45. The number of nitrogens with one attached hydrogen (secondary N) is 1. The standard InChI is InChI=1S/C20H22N4OS/c1-14-8-7-9-15(2)19(14)21-12-18-22-23-20(24(18)3)26-13-17(25)16-10-5-4-6-11-16/h4-11,21H,12-13H2,1-3H3. The average Bonchev–Trinajstić information content (AvgIpc) is 3.00. The molecular weight excluding hydrogens is 344 g/mol. The lowest BCUT2D eigenvalue weighted by Crippen LogP contribution is -2.09. The van der Waals surface area contributed by atoms with Crippen LogP contribution in [-0.2, 0) is 13.6 Å². The molecule has 0 radical (unpaired) electrons. The van der Waals surface area contributed by atoms with E-state index in [0.29, 0.717) is 12.3 Å². The minimum absolute atomic E-state index is 0.0915. The van der Waals surface area contributed by atoms with Gasteiger partial charge in [-0.1, -0.05) is 60.3 Å². The van der Waals surface area contributed by atoms with E-state index >= 15 is 0 Å². The second kappa shape index (κ2) is 8.19. The lowest BCUT2D eigenvalue weighted by molar-refractivity contribution is 0.102. The summed E-state index contributed by atoms with van der Waals surface area (Å²) in [6.45, 7) is 4.76. The molecule has 0 spiro atoms. The SMILES string of the molecule is Cc1cccc(C)c1NCc1nnc(SCC(=O)c2ccccc2)n1C. The second-order valence-corrected chi connectivity index (χ2v) is 7.10. The number of rotatable bonds is 7. The van der Waals surface area contributed by atoms with Crippen molar-refractivity contribution in [2.75, 3.05) is 11.1 Å². The molecule has 134 valence electrons. The fourth-order valence-electron chi connectivity index (χ4n) is 2.72. The van der Waals surface area contributed by atoms with Crippen LogP contribution in [-0.4, -0.2) is 26.3 Å². The summed E-state index contributed by atoms with van der Waals surface area (Å²) < 4.78 is 1.93. The Kier molecular flexibility index (Phi) is 5.73. The molecule has 26 heavy (non-hydrogen) atoms. The number of nitrogens with zero attached hydrogens (tertiary/aromatic N) is 3. The van der Waals surface area contributed by atoms with Crippen LogP contribution in [0.3, 0.4) is 0 Å². The number of carbonyl (C=O) groups excluding carboxylic acids is 1. The highest BCUT2D eigenvalue weighted by molar-refractivity contribution is 7.99. The number of carbonyl (C=O) groups is 1. The van der Waals surface area contributed by atoms with E-state index in [1.54, 1.807) is 0 Å². The number of benzene rings is 2. The molecule has 1 heterocycles. The van der Waals surface area contributed by atoms with E-state index in [4.69, 9.17) is 0 Å². The average molecular weight is 366 g/mol. The van der Waals surface area contributed by atoms with Crippen LogP contribution in [0.5, 0.6) is 0 Å². The maximum absolute atomic E-state index is 12.2. The van der Waals surface area contributed by atoms with Gasteiger partial charge in [-0.2, -0.15) is 0 Å². The van der Waals surface area contributed by atoms with E-state index in [1.165, 1.54) is 22.9 Å². The molecule has 3 aromatic rings. The summed E-state index contributed by atoms with van der Waals surface area (Å²) in [7, 11) is 1.93. The van der Waals surface area contributed by atoms with Crippen molar-refractivity contribution in [2.24, 2.45) is 7.05 Å². The van der Waals surface area contributed by atoms with Gasteiger partial charge in [0.15, 0.2) is 16.8 Å². The number of anilines is 1. The molecular formula is C20H22N4OS. The van der Waals surface area contributed by atoms with Gasteiger partial charge in [0.1, 0.15) is 0 Å². The summed E-state index contributed by atoms with van der Waals surface area (Å²) in [5.74, 6) is 1.27. The summed E-state index contributed by atoms with van der Waals surface area (Å²) in [4.78, 5) is 12.2. The summed E-state index contributed by atoms with van der Waals surface area (Å²) in [6.07, 6.45) is 0. The van der Waals surface area contributed by atoms with Gasteiger partial charge in [0, 0.05) is 18.3 Å². The van der Waals surface area contributed by atoms with Crippen molar-refractivity contribution in [3.05, 3.63) is 71.0 Å². The monoisotopic (exact) mass is 366 g/mol.